The topological polar surface area (TPSA) is 77.9 Å². The summed E-state index contributed by atoms with van der Waals surface area (Å²) < 4.78 is 8.06. The Morgan fingerprint density at radius 1 is 0.947 bits per heavy atom. The Balaban J connectivity index is 1.25. The Labute approximate surface area is 248 Å². The lowest BCUT2D eigenvalue weighted by atomic mass is 10.1. The average Bonchev–Trinajstić information content (AvgIpc) is 3.34. The van der Waals surface area contributed by atoms with E-state index in [0.717, 1.165) is 40.5 Å². The molecule has 5 aromatic rings. The first-order valence-corrected chi connectivity index (χ1v) is 14.2. The Kier molecular flexibility index (Phi) is 8.29. The van der Waals surface area contributed by atoms with E-state index in [0.29, 0.717) is 19.6 Å². The van der Waals surface area contributed by atoms with E-state index in [-0.39, 0.29) is 11.5 Å². The highest BCUT2D eigenvalue weighted by molar-refractivity contribution is 14.1. The summed E-state index contributed by atoms with van der Waals surface area (Å²) in [7, 11) is 0. The van der Waals surface area contributed by atoms with Crippen LogP contribution in [0.1, 0.15) is 16.7 Å². The number of aromatic nitrogens is 1. The molecule has 0 aliphatic carbocycles. The van der Waals surface area contributed by atoms with Crippen LogP contribution in [-0.4, -0.2) is 17.4 Å². The van der Waals surface area contributed by atoms with E-state index in [1.807, 2.05) is 60.8 Å². The number of carbonyl (C=O) groups is 1. The third-order valence-electron chi connectivity index (χ3n) is 6.30. The number of benzene rings is 4. The first-order chi connectivity index (χ1) is 18.5. The van der Waals surface area contributed by atoms with E-state index in [1.54, 1.807) is 6.08 Å². The summed E-state index contributed by atoms with van der Waals surface area (Å²) in [5.41, 5.74) is 4.17. The molecule has 1 amide bonds. The molecule has 0 aliphatic heterocycles. The molecule has 0 fully saturated rings. The van der Waals surface area contributed by atoms with Crippen LogP contribution >= 0.6 is 45.2 Å². The van der Waals surface area contributed by atoms with Crippen LogP contribution in [0, 0.1) is 18.5 Å². The number of nitriles is 1. The number of aromatic amines is 1. The van der Waals surface area contributed by atoms with Crippen molar-refractivity contribution in [1.82, 2.24) is 10.3 Å². The van der Waals surface area contributed by atoms with Gasteiger partial charge in [-0.25, -0.2) is 0 Å². The van der Waals surface area contributed by atoms with Gasteiger partial charge in [-0.3, -0.25) is 4.79 Å². The van der Waals surface area contributed by atoms with Gasteiger partial charge in [0, 0.05) is 23.6 Å². The third kappa shape index (κ3) is 5.87. The molecule has 0 atom stereocenters. The van der Waals surface area contributed by atoms with Crippen molar-refractivity contribution >= 4 is 78.8 Å². The van der Waals surface area contributed by atoms with Gasteiger partial charge in [0.1, 0.15) is 24.0 Å². The number of para-hydroxylation sites is 1. The predicted octanol–water partition coefficient (Wildman–Crippen LogP) is 7.38. The van der Waals surface area contributed by atoms with Gasteiger partial charge in [0.2, 0.25) is 0 Å². The molecular weight excluding hydrogens is 700 g/mol. The van der Waals surface area contributed by atoms with Gasteiger partial charge in [0.15, 0.2) is 0 Å². The fourth-order valence-corrected chi connectivity index (χ4v) is 6.56. The number of amides is 1. The van der Waals surface area contributed by atoms with Crippen LogP contribution in [0.4, 0.5) is 0 Å². The number of ether oxygens (including phenoxy) is 1. The van der Waals surface area contributed by atoms with Crippen molar-refractivity contribution < 1.29 is 9.53 Å². The number of carbonyl (C=O) groups excluding carboxylic acids is 1. The zero-order chi connectivity index (χ0) is 26.5. The van der Waals surface area contributed by atoms with Gasteiger partial charge in [-0.15, -0.1) is 0 Å². The van der Waals surface area contributed by atoms with Gasteiger partial charge < -0.3 is 15.0 Å². The smallest absolute Gasteiger partial charge is 0.261 e. The summed E-state index contributed by atoms with van der Waals surface area (Å²) in [6.07, 6.45) is 4.26. The fourth-order valence-electron chi connectivity index (χ4n) is 4.43. The minimum Gasteiger partial charge on any atom is -0.487 e. The Hall–Kier alpha value is -3.36. The number of halogens is 2. The molecular formula is C31H23I2N3O2. The quantitative estimate of drug-likeness (QED) is 0.0998. The van der Waals surface area contributed by atoms with Crippen LogP contribution in [0.5, 0.6) is 5.75 Å². The molecule has 0 saturated carbocycles. The van der Waals surface area contributed by atoms with E-state index in [4.69, 9.17) is 4.74 Å². The zero-order valence-corrected chi connectivity index (χ0v) is 24.6. The lowest BCUT2D eigenvalue weighted by Gasteiger charge is -2.13. The summed E-state index contributed by atoms with van der Waals surface area (Å²) >= 11 is 4.48. The second-order valence-electron chi connectivity index (χ2n) is 8.78. The van der Waals surface area contributed by atoms with Crippen molar-refractivity contribution in [3.8, 4) is 11.8 Å². The van der Waals surface area contributed by atoms with E-state index in [2.05, 4.69) is 85.8 Å². The Morgan fingerprint density at radius 2 is 1.66 bits per heavy atom. The van der Waals surface area contributed by atoms with Crippen molar-refractivity contribution in [1.29, 1.82) is 5.26 Å². The molecule has 0 unspecified atom stereocenters. The van der Waals surface area contributed by atoms with Crippen LogP contribution in [0.25, 0.3) is 27.8 Å². The number of rotatable bonds is 8. The summed E-state index contributed by atoms with van der Waals surface area (Å²) in [6.45, 7) is 0.889. The predicted molar refractivity (Wildman–Crippen MR) is 169 cm³/mol. The molecule has 0 saturated heterocycles. The highest BCUT2D eigenvalue weighted by Crippen LogP contribution is 2.31. The number of H-pyrrole nitrogens is 1. The van der Waals surface area contributed by atoms with E-state index in [9.17, 15) is 10.1 Å². The molecule has 0 aliphatic rings. The molecule has 0 radical (unpaired) electrons. The summed E-state index contributed by atoms with van der Waals surface area (Å²) in [5.74, 6) is 0.409. The highest BCUT2D eigenvalue weighted by Gasteiger charge is 2.13. The lowest BCUT2D eigenvalue weighted by Crippen LogP contribution is -2.26. The third-order valence-corrected chi connectivity index (χ3v) is 7.91. The number of fused-ring (bicyclic) bond motifs is 2. The largest absolute Gasteiger partial charge is 0.487 e. The molecule has 188 valence electrons. The molecule has 4 aromatic carbocycles. The van der Waals surface area contributed by atoms with E-state index in [1.165, 1.54) is 10.8 Å². The summed E-state index contributed by atoms with van der Waals surface area (Å²) in [4.78, 5) is 16.0. The maximum Gasteiger partial charge on any atom is 0.261 e. The van der Waals surface area contributed by atoms with Crippen LogP contribution < -0.4 is 10.1 Å². The zero-order valence-electron chi connectivity index (χ0n) is 20.3. The van der Waals surface area contributed by atoms with Gasteiger partial charge in [-0.1, -0.05) is 60.7 Å². The molecule has 5 rings (SSSR count). The minimum absolute atomic E-state index is 0.0694. The van der Waals surface area contributed by atoms with Crippen molar-refractivity contribution in [2.75, 3.05) is 6.54 Å². The number of nitrogens with one attached hydrogen (secondary N) is 2. The van der Waals surface area contributed by atoms with Crippen molar-refractivity contribution in [2.45, 2.75) is 13.0 Å². The normalized spacial score (nSPS) is 11.4. The van der Waals surface area contributed by atoms with Gasteiger partial charge in [-0.2, -0.15) is 5.26 Å². The lowest BCUT2D eigenvalue weighted by molar-refractivity contribution is -0.117. The monoisotopic (exact) mass is 723 g/mol. The Bertz CT molecular complexity index is 1690. The molecule has 38 heavy (non-hydrogen) atoms. The van der Waals surface area contributed by atoms with Crippen LogP contribution in [-0.2, 0) is 17.8 Å². The Morgan fingerprint density at radius 3 is 2.45 bits per heavy atom. The molecule has 0 bridgehead atoms. The average molecular weight is 723 g/mol. The minimum atomic E-state index is -0.381. The highest BCUT2D eigenvalue weighted by atomic mass is 127. The van der Waals surface area contributed by atoms with Gasteiger partial charge in [0.05, 0.1) is 7.14 Å². The van der Waals surface area contributed by atoms with Gasteiger partial charge in [-0.05, 0) is 103 Å². The maximum atomic E-state index is 12.7. The second-order valence-corrected chi connectivity index (χ2v) is 11.1. The second kappa shape index (κ2) is 12.0. The van der Waals surface area contributed by atoms with Crippen molar-refractivity contribution in [2.24, 2.45) is 0 Å². The standard InChI is InChI=1S/C31H23I2N3O2/c32-27-15-20(16-28(33)30(27)38-19-23-8-5-7-21-6-1-2-9-25(21)23)14-24(17-34)31(37)35-13-12-22-18-36-29-11-4-3-10-26(22)29/h1-11,14-16,18,36H,12-13,19H2,(H,35,37)/b24-14-. The molecule has 7 heteroatoms. The number of hydrogen-bond acceptors (Lipinski definition) is 3. The molecule has 1 aromatic heterocycles. The summed E-state index contributed by atoms with van der Waals surface area (Å²) in [6, 6.07) is 28.5. The van der Waals surface area contributed by atoms with Crippen LogP contribution in [0.15, 0.2) is 90.6 Å². The first kappa shape index (κ1) is 26.3. The van der Waals surface area contributed by atoms with Crippen LogP contribution in [0.3, 0.4) is 0 Å². The van der Waals surface area contributed by atoms with Crippen molar-refractivity contribution in [3.05, 3.63) is 114 Å². The number of hydrogen-bond donors (Lipinski definition) is 2. The first-order valence-electron chi connectivity index (χ1n) is 12.1. The van der Waals surface area contributed by atoms with E-state index < -0.39 is 0 Å². The molecule has 0 spiro atoms. The molecule has 1 heterocycles. The van der Waals surface area contributed by atoms with Gasteiger partial charge in [0.25, 0.3) is 5.91 Å². The molecule has 5 nitrogen and oxygen atoms in total. The maximum absolute atomic E-state index is 12.7. The number of nitrogens with zero attached hydrogens (tertiary/aromatic N) is 1. The SMILES string of the molecule is N#C/C(=C/c1cc(I)c(OCc2cccc3ccccc23)c(I)c1)C(=O)NCCc1c[nH]c2ccccc12. The summed E-state index contributed by atoms with van der Waals surface area (Å²) in [5, 5.41) is 16.0. The van der Waals surface area contributed by atoms with Gasteiger partial charge >= 0.3 is 0 Å². The van der Waals surface area contributed by atoms with E-state index >= 15 is 0 Å². The fraction of sp³-hybridized carbons (Fsp3) is 0.0968. The van der Waals surface area contributed by atoms with Crippen LogP contribution in [0.2, 0.25) is 0 Å². The van der Waals surface area contributed by atoms with Crippen molar-refractivity contribution in [3.63, 3.8) is 0 Å². The molecule has 2 N–H and O–H groups in total.